The summed E-state index contributed by atoms with van der Waals surface area (Å²) in [5.74, 6) is 0.306. The summed E-state index contributed by atoms with van der Waals surface area (Å²) < 4.78 is 6.63. The predicted molar refractivity (Wildman–Crippen MR) is 96.7 cm³/mol. The molecule has 3 aliphatic carbocycles. The van der Waals surface area contributed by atoms with E-state index in [1.165, 1.54) is 5.57 Å². The number of hydrogen-bond acceptors (Lipinski definition) is 2. The highest BCUT2D eigenvalue weighted by Gasteiger charge is 2.71. The smallest absolute Gasteiger partial charge is 0.0684 e. The molecule has 2 unspecified atom stereocenters. The van der Waals surface area contributed by atoms with Crippen molar-refractivity contribution in [3.8, 4) is 0 Å². The van der Waals surface area contributed by atoms with E-state index in [1.807, 2.05) is 0 Å². The summed E-state index contributed by atoms with van der Waals surface area (Å²) in [7, 11) is 0. The van der Waals surface area contributed by atoms with Gasteiger partial charge in [-0.3, -0.25) is 0 Å². The lowest BCUT2D eigenvalue weighted by atomic mass is 9.42. The minimum absolute atomic E-state index is 0.0497. The molecule has 4 aliphatic rings. The van der Waals surface area contributed by atoms with E-state index >= 15 is 0 Å². The van der Waals surface area contributed by atoms with E-state index in [9.17, 15) is 5.11 Å². The minimum Gasteiger partial charge on any atom is -0.390 e. The highest BCUT2D eigenvalue weighted by molar-refractivity contribution is 9.09. The summed E-state index contributed by atoms with van der Waals surface area (Å²) in [4.78, 5) is 0.470. The Labute approximate surface area is 149 Å². The van der Waals surface area contributed by atoms with E-state index in [1.54, 1.807) is 0 Å². The quantitative estimate of drug-likeness (QED) is 0.479. The van der Waals surface area contributed by atoms with Crippen molar-refractivity contribution in [3.05, 3.63) is 12.2 Å². The first kappa shape index (κ1) is 16.6. The maximum Gasteiger partial charge on any atom is 0.0684 e. The Hall–Kier alpha value is 0.140. The number of hydrogen-bond donors (Lipinski definition) is 1. The van der Waals surface area contributed by atoms with Crippen LogP contribution in [0.1, 0.15) is 66.2 Å². The average molecular weight is 383 g/mol. The van der Waals surface area contributed by atoms with Crippen molar-refractivity contribution in [1.82, 2.24) is 0 Å². The average Bonchev–Trinajstić information content (AvgIpc) is 2.57. The van der Waals surface area contributed by atoms with Gasteiger partial charge in [0.05, 0.1) is 17.8 Å². The summed E-state index contributed by atoms with van der Waals surface area (Å²) in [5, 5.41) is 11.2. The van der Waals surface area contributed by atoms with Gasteiger partial charge < -0.3 is 9.84 Å². The van der Waals surface area contributed by atoms with E-state index in [4.69, 9.17) is 4.74 Å². The van der Waals surface area contributed by atoms with Gasteiger partial charge >= 0.3 is 0 Å². The maximum absolute atomic E-state index is 11.2. The van der Waals surface area contributed by atoms with Crippen molar-refractivity contribution in [3.63, 3.8) is 0 Å². The summed E-state index contributed by atoms with van der Waals surface area (Å²) in [6.45, 7) is 13.7. The second kappa shape index (κ2) is 4.65. The monoisotopic (exact) mass is 382 g/mol. The molecule has 7 atom stereocenters. The molecule has 0 aromatic rings. The molecule has 0 amide bonds. The van der Waals surface area contributed by atoms with Crippen LogP contribution in [0, 0.1) is 22.2 Å². The molecule has 23 heavy (non-hydrogen) atoms. The maximum atomic E-state index is 11.2. The van der Waals surface area contributed by atoms with Crippen LogP contribution >= 0.6 is 15.9 Å². The highest BCUT2D eigenvalue weighted by Crippen LogP contribution is 2.72. The fourth-order valence-electron chi connectivity index (χ4n) is 6.88. The molecule has 1 aliphatic heterocycles. The number of fused-ring (bicyclic) bond motifs is 2. The standard InChI is InChI=1S/C20H31BrO2/c1-12-6-7-15-17(2,3)20(12)10-13-18(4,11-16(20)23-15)14(21)8-9-19(13,5)22/h13-16,22H,1,6-11H2,2-5H3/t13-,14-,15?,16+,18-,19+,20?/m1/s1. The van der Waals surface area contributed by atoms with Gasteiger partial charge in [-0.05, 0) is 56.8 Å². The van der Waals surface area contributed by atoms with Crippen molar-refractivity contribution in [2.45, 2.75) is 88.9 Å². The zero-order chi connectivity index (χ0) is 16.8. The number of halogens is 1. The van der Waals surface area contributed by atoms with Gasteiger partial charge in [0.2, 0.25) is 0 Å². The van der Waals surface area contributed by atoms with Crippen LogP contribution in [-0.4, -0.2) is 27.7 Å². The Kier molecular flexibility index (Phi) is 3.35. The van der Waals surface area contributed by atoms with Crippen LogP contribution in [0.3, 0.4) is 0 Å². The Morgan fingerprint density at radius 3 is 2.52 bits per heavy atom. The summed E-state index contributed by atoms with van der Waals surface area (Å²) in [5.41, 5.74) is 1.09. The minimum atomic E-state index is -0.579. The molecule has 3 heteroatoms. The molecule has 0 radical (unpaired) electrons. The predicted octanol–water partition coefficient (Wildman–Crippen LogP) is 4.84. The van der Waals surface area contributed by atoms with Gasteiger partial charge in [0.25, 0.3) is 0 Å². The SMILES string of the molecule is C=C1CCC2O[C@H]3C[C@@]4(C)[C@H](Br)CC[C@](C)(O)[C@@H]4CC13C2(C)C. The molecular formula is C20H31BrO2. The second-order valence-corrected chi connectivity index (χ2v) is 10.9. The van der Waals surface area contributed by atoms with Crippen molar-refractivity contribution in [1.29, 1.82) is 0 Å². The molecule has 1 heterocycles. The molecule has 2 nitrogen and oxygen atoms in total. The van der Waals surface area contributed by atoms with Crippen LogP contribution in [0.5, 0.6) is 0 Å². The fraction of sp³-hybridized carbons (Fsp3) is 0.900. The van der Waals surface area contributed by atoms with Crippen LogP contribution in [0.25, 0.3) is 0 Å². The lowest BCUT2D eigenvalue weighted by Gasteiger charge is -2.63. The third kappa shape index (κ3) is 1.83. The third-order valence-corrected chi connectivity index (χ3v) is 9.99. The molecule has 3 saturated carbocycles. The first-order valence-electron chi connectivity index (χ1n) is 9.26. The molecule has 4 rings (SSSR count). The zero-order valence-electron chi connectivity index (χ0n) is 15.0. The van der Waals surface area contributed by atoms with E-state index in [-0.39, 0.29) is 22.3 Å². The summed E-state index contributed by atoms with van der Waals surface area (Å²) in [6, 6.07) is 0. The number of alkyl halides is 1. The summed E-state index contributed by atoms with van der Waals surface area (Å²) >= 11 is 3.96. The van der Waals surface area contributed by atoms with Crippen molar-refractivity contribution in [2.75, 3.05) is 0 Å². The van der Waals surface area contributed by atoms with Gasteiger partial charge in [-0.25, -0.2) is 0 Å². The fourth-order valence-corrected chi connectivity index (χ4v) is 7.62. The number of aliphatic hydroxyl groups is 1. The number of ether oxygens (including phenoxy) is 1. The zero-order valence-corrected chi connectivity index (χ0v) is 16.6. The van der Waals surface area contributed by atoms with Gasteiger partial charge in [0.1, 0.15) is 0 Å². The van der Waals surface area contributed by atoms with Crippen LogP contribution in [0.15, 0.2) is 12.2 Å². The molecule has 0 aromatic carbocycles. The Balaban J connectivity index is 1.84. The Morgan fingerprint density at radius 1 is 1.13 bits per heavy atom. The van der Waals surface area contributed by atoms with Gasteiger partial charge in [-0.15, -0.1) is 0 Å². The van der Waals surface area contributed by atoms with E-state index in [0.29, 0.717) is 16.8 Å². The summed E-state index contributed by atoms with van der Waals surface area (Å²) in [6.07, 6.45) is 6.84. The lowest BCUT2D eigenvalue weighted by Crippen LogP contribution is -2.63. The normalized spacial score (nSPS) is 57.7. The van der Waals surface area contributed by atoms with Gasteiger partial charge in [-0.1, -0.05) is 48.9 Å². The molecule has 1 N–H and O–H groups in total. The van der Waals surface area contributed by atoms with Crippen LogP contribution in [-0.2, 0) is 4.74 Å². The molecule has 0 aromatic heterocycles. The van der Waals surface area contributed by atoms with E-state index < -0.39 is 5.60 Å². The molecule has 130 valence electrons. The molecule has 4 fully saturated rings. The van der Waals surface area contributed by atoms with Crippen molar-refractivity contribution >= 4 is 15.9 Å². The first-order valence-corrected chi connectivity index (χ1v) is 10.2. The van der Waals surface area contributed by atoms with Crippen LogP contribution in [0.2, 0.25) is 0 Å². The van der Waals surface area contributed by atoms with Gasteiger partial charge in [-0.2, -0.15) is 0 Å². The first-order chi connectivity index (χ1) is 10.6. The topological polar surface area (TPSA) is 29.5 Å². The molecule has 1 saturated heterocycles. The van der Waals surface area contributed by atoms with Gasteiger partial charge in [0.15, 0.2) is 0 Å². The van der Waals surface area contributed by atoms with Crippen molar-refractivity contribution < 1.29 is 9.84 Å². The van der Waals surface area contributed by atoms with E-state index in [2.05, 4.69) is 50.2 Å². The second-order valence-electron chi connectivity index (χ2n) is 9.78. The lowest BCUT2D eigenvalue weighted by molar-refractivity contribution is -0.160. The molecule has 2 bridgehead atoms. The van der Waals surface area contributed by atoms with Gasteiger partial charge in [0, 0.05) is 15.7 Å². The van der Waals surface area contributed by atoms with Crippen LogP contribution < -0.4 is 0 Å². The molecular weight excluding hydrogens is 352 g/mol. The van der Waals surface area contributed by atoms with E-state index in [0.717, 1.165) is 38.5 Å². The van der Waals surface area contributed by atoms with Crippen LogP contribution in [0.4, 0.5) is 0 Å². The molecule has 1 spiro atoms. The number of rotatable bonds is 0. The van der Waals surface area contributed by atoms with Crippen molar-refractivity contribution in [2.24, 2.45) is 22.2 Å². The Bertz CT molecular complexity index is 554. The Morgan fingerprint density at radius 2 is 1.83 bits per heavy atom. The highest BCUT2D eigenvalue weighted by atomic mass is 79.9. The largest absolute Gasteiger partial charge is 0.390 e. The third-order valence-electron chi connectivity index (χ3n) is 8.49.